The van der Waals surface area contributed by atoms with E-state index in [4.69, 9.17) is 11.6 Å². The van der Waals surface area contributed by atoms with Crippen molar-refractivity contribution in [3.05, 3.63) is 11.9 Å². The normalized spacial score (nSPS) is 12.1. The van der Waals surface area contributed by atoms with Crippen LogP contribution in [0.4, 0.5) is 13.2 Å². The van der Waals surface area contributed by atoms with E-state index in [1.54, 1.807) is 17.8 Å². The summed E-state index contributed by atoms with van der Waals surface area (Å²) in [6, 6.07) is 0. The fourth-order valence-corrected chi connectivity index (χ4v) is 2.14. The van der Waals surface area contributed by atoms with E-state index < -0.39 is 12.6 Å². The summed E-state index contributed by atoms with van der Waals surface area (Å²) in [5.74, 6) is 0.291. The zero-order valence-electron chi connectivity index (χ0n) is 8.01. The number of thioether (sulfide) groups is 1. The lowest BCUT2D eigenvalue weighted by Gasteiger charge is -2.06. The monoisotopic (exact) mass is 258 g/mol. The average Bonchev–Trinajstić information content (AvgIpc) is 2.46. The van der Waals surface area contributed by atoms with Crippen molar-refractivity contribution < 1.29 is 13.2 Å². The van der Waals surface area contributed by atoms with Gasteiger partial charge in [0.25, 0.3) is 0 Å². The summed E-state index contributed by atoms with van der Waals surface area (Å²) < 4.78 is 37.3. The first-order valence-electron chi connectivity index (χ1n) is 4.20. The van der Waals surface area contributed by atoms with Crippen LogP contribution in [0.2, 0.25) is 0 Å². The van der Waals surface area contributed by atoms with Crippen molar-refractivity contribution in [2.24, 2.45) is 7.05 Å². The van der Waals surface area contributed by atoms with E-state index in [9.17, 15) is 13.2 Å². The molecule has 0 amide bonds. The molecular formula is C8H10ClF3N2S. The van der Waals surface area contributed by atoms with Crippen LogP contribution in [0.15, 0.2) is 11.4 Å². The minimum absolute atomic E-state index is 0.0178. The van der Waals surface area contributed by atoms with Gasteiger partial charge in [0, 0.05) is 12.8 Å². The second-order valence-corrected chi connectivity index (χ2v) is 4.27. The maximum absolute atomic E-state index is 11.9. The van der Waals surface area contributed by atoms with E-state index in [1.807, 2.05) is 0 Å². The highest BCUT2D eigenvalue weighted by atomic mass is 35.5. The van der Waals surface area contributed by atoms with Crippen molar-refractivity contribution in [1.29, 1.82) is 0 Å². The number of alkyl halides is 4. The lowest BCUT2D eigenvalue weighted by atomic mass is 10.5. The van der Waals surface area contributed by atoms with E-state index in [1.165, 1.54) is 0 Å². The second kappa shape index (κ2) is 5.12. The van der Waals surface area contributed by atoms with Gasteiger partial charge in [-0.15, -0.1) is 11.6 Å². The summed E-state index contributed by atoms with van der Waals surface area (Å²) in [6.45, 7) is 0. The number of imidazole rings is 1. The molecule has 2 nitrogen and oxygen atoms in total. The van der Waals surface area contributed by atoms with E-state index in [0.29, 0.717) is 11.0 Å². The number of rotatable bonds is 4. The van der Waals surface area contributed by atoms with Gasteiger partial charge in [-0.25, -0.2) is 4.98 Å². The molecule has 0 saturated carbocycles. The Balaban J connectivity index is 2.48. The number of aromatic nitrogens is 2. The SMILES string of the molecule is Cn1c(CCl)cnc1SCCC(F)(F)F. The highest BCUT2D eigenvalue weighted by Crippen LogP contribution is 2.25. The maximum atomic E-state index is 11.9. The zero-order chi connectivity index (χ0) is 11.5. The van der Waals surface area contributed by atoms with Crippen LogP contribution in [-0.4, -0.2) is 21.5 Å². The van der Waals surface area contributed by atoms with Crippen LogP contribution >= 0.6 is 23.4 Å². The quantitative estimate of drug-likeness (QED) is 0.610. The topological polar surface area (TPSA) is 17.8 Å². The van der Waals surface area contributed by atoms with Crippen molar-refractivity contribution in [1.82, 2.24) is 9.55 Å². The molecule has 0 radical (unpaired) electrons. The highest BCUT2D eigenvalue weighted by molar-refractivity contribution is 7.99. The second-order valence-electron chi connectivity index (χ2n) is 2.94. The molecule has 0 N–H and O–H groups in total. The summed E-state index contributed by atoms with van der Waals surface area (Å²) in [5, 5.41) is 0.565. The van der Waals surface area contributed by atoms with Crippen LogP contribution < -0.4 is 0 Å². The molecule has 0 aliphatic heterocycles. The van der Waals surface area contributed by atoms with Gasteiger partial charge in [0.05, 0.1) is 24.2 Å². The minimum Gasteiger partial charge on any atom is -0.325 e. The predicted octanol–water partition coefficient (Wildman–Crippen LogP) is 3.20. The third kappa shape index (κ3) is 3.95. The molecule has 0 spiro atoms. The summed E-state index contributed by atoms with van der Waals surface area (Å²) >= 11 is 6.69. The molecule has 0 atom stereocenters. The largest absolute Gasteiger partial charge is 0.389 e. The molecule has 1 rings (SSSR count). The number of halogens is 4. The summed E-state index contributed by atoms with van der Waals surface area (Å²) in [4.78, 5) is 3.98. The maximum Gasteiger partial charge on any atom is 0.389 e. The molecule has 0 aliphatic rings. The van der Waals surface area contributed by atoms with Gasteiger partial charge >= 0.3 is 6.18 Å². The Morgan fingerprint density at radius 1 is 1.53 bits per heavy atom. The smallest absolute Gasteiger partial charge is 0.325 e. The van der Waals surface area contributed by atoms with E-state index in [-0.39, 0.29) is 5.75 Å². The predicted molar refractivity (Wildman–Crippen MR) is 54.2 cm³/mol. The Labute approximate surface area is 94.8 Å². The standard InChI is InChI=1S/C8H10ClF3N2S/c1-14-6(4-9)5-13-7(14)15-3-2-8(10,11)12/h5H,2-4H2,1H3. The van der Waals surface area contributed by atoms with E-state index in [2.05, 4.69) is 4.98 Å². The summed E-state index contributed by atoms with van der Waals surface area (Å²) in [6.07, 6.45) is -3.34. The van der Waals surface area contributed by atoms with Crippen LogP contribution in [0.25, 0.3) is 0 Å². The van der Waals surface area contributed by atoms with Crippen molar-refractivity contribution in [3.8, 4) is 0 Å². The summed E-state index contributed by atoms with van der Waals surface area (Å²) in [7, 11) is 1.74. The first kappa shape index (κ1) is 12.7. The first-order valence-corrected chi connectivity index (χ1v) is 5.72. The molecule has 86 valence electrons. The molecule has 1 aromatic heterocycles. The van der Waals surface area contributed by atoms with Gasteiger partial charge in [-0.2, -0.15) is 13.2 Å². The van der Waals surface area contributed by atoms with Gasteiger partial charge in [-0.3, -0.25) is 0 Å². The van der Waals surface area contributed by atoms with E-state index >= 15 is 0 Å². The molecule has 1 heterocycles. The highest BCUT2D eigenvalue weighted by Gasteiger charge is 2.26. The third-order valence-electron chi connectivity index (χ3n) is 1.80. The fourth-order valence-electron chi connectivity index (χ4n) is 0.942. The van der Waals surface area contributed by atoms with Gasteiger partial charge in [-0.1, -0.05) is 11.8 Å². The molecule has 0 unspecified atom stereocenters. The van der Waals surface area contributed by atoms with Crippen molar-refractivity contribution in [3.63, 3.8) is 0 Å². The minimum atomic E-state index is -4.10. The Morgan fingerprint density at radius 2 is 2.20 bits per heavy atom. The van der Waals surface area contributed by atoms with Crippen LogP contribution in [0, 0.1) is 0 Å². The molecule has 1 aromatic rings. The lowest BCUT2D eigenvalue weighted by molar-refractivity contribution is -0.129. The Bertz CT molecular complexity index is 324. The van der Waals surface area contributed by atoms with Crippen molar-refractivity contribution in [2.45, 2.75) is 23.6 Å². The van der Waals surface area contributed by atoms with Crippen molar-refractivity contribution >= 4 is 23.4 Å². The Morgan fingerprint density at radius 3 is 2.67 bits per heavy atom. The van der Waals surface area contributed by atoms with Gasteiger partial charge in [0.1, 0.15) is 0 Å². The first-order chi connectivity index (χ1) is 6.94. The van der Waals surface area contributed by atoms with E-state index in [0.717, 1.165) is 17.5 Å². The molecule has 0 saturated heterocycles. The molecule has 0 fully saturated rings. The third-order valence-corrected chi connectivity index (χ3v) is 3.11. The van der Waals surface area contributed by atoms with Gasteiger partial charge < -0.3 is 4.57 Å². The molecule has 0 aliphatic carbocycles. The average molecular weight is 259 g/mol. The molecule has 7 heteroatoms. The van der Waals surface area contributed by atoms with Crippen molar-refractivity contribution in [2.75, 3.05) is 5.75 Å². The van der Waals surface area contributed by atoms with Crippen LogP contribution in [-0.2, 0) is 12.9 Å². The zero-order valence-corrected chi connectivity index (χ0v) is 9.59. The Kier molecular flexibility index (Phi) is 4.33. The van der Waals surface area contributed by atoms with Crippen LogP contribution in [0.1, 0.15) is 12.1 Å². The lowest BCUT2D eigenvalue weighted by Crippen LogP contribution is -2.08. The van der Waals surface area contributed by atoms with Crippen LogP contribution in [0.3, 0.4) is 0 Å². The molecule has 0 aromatic carbocycles. The van der Waals surface area contributed by atoms with Gasteiger partial charge in [-0.05, 0) is 0 Å². The van der Waals surface area contributed by atoms with Gasteiger partial charge in [0.2, 0.25) is 0 Å². The molecule has 15 heavy (non-hydrogen) atoms. The summed E-state index contributed by atoms with van der Waals surface area (Å²) in [5.41, 5.74) is 0.797. The molecular weight excluding hydrogens is 249 g/mol. The molecule has 0 bridgehead atoms. The number of hydrogen-bond donors (Lipinski definition) is 0. The number of hydrogen-bond acceptors (Lipinski definition) is 2. The van der Waals surface area contributed by atoms with Gasteiger partial charge in [0.15, 0.2) is 5.16 Å². The fraction of sp³-hybridized carbons (Fsp3) is 0.625. The number of nitrogens with zero attached hydrogens (tertiary/aromatic N) is 2. The Hall–Kier alpha value is -0.360. The van der Waals surface area contributed by atoms with Crippen LogP contribution in [0.5, 0.6) is 0 Å².